The fraction of sp³-hybridized carbons (Fsp3) is 0.464. The fourth-order valence-electron chi connectivity index (χ4n) is 4.24. The number of amides is 2. The van der Waals surface area contributed by atoms with Gasteiger partial charge in [-0.1, -0.05) is 82.1 Å². The molecule has 2 unspecified atom stereocenters. The van der Waals surface area contributed by atoms with E-state index in [1.54, 1.807) is 0 Å². The summed E-state index contributed by atoms with van der Waals surface area (Å²) < 4.78 is 0. The summed E-state index contributed by atoms with van der Waals surface area (Å²) >= 11 is 4.37. The second kappa shape index (κ2) is 14.5. The molecule has 0 fully saturated rings. The van der Waals surface area contributed by atoms with E-state index in [1.165, 1.54) is 0 Å². The zero-order valence-corrected chi connectivity index (χ0v) is 22.9. The zero-order chi connectivity index (χ0) is 26.6. The third kappa shape index (κ3) is 7.89. The SMILES string of the molecule is CCCCC(=O)N(CCNC(=O)C(CS)C(C)CC)Cc1ccc(-c2ccccc2-c2nn[nH]n2)cc1. The van der Waals surface area contributed by atoms with Crippen molar-refractivity contribution >= 4 is 24.4 Å². The number of aromatic nitrogens is 4. The number of rotatable bonds is 14. The summed E-state index contributed by atoms with van der Waals surface area (Å²) in [6.07, 6.45) is 3.25. The smallest absolute Gasteiger partial charge is 0.224 e. The Kier molecular flexibility index (Phi) is 11.1. The van der Waals surface area contributed by atoms with Gasteiger partial charge in [-0.15, -0.1) is 10.2 Å². The van der Waals surface area contributed by atoms with Gasteiger partial charge in [-0.2, -0.15) is 17.8 Å². The number of benzene rings is 2. The normalized spacial score (nSPS) is 12.6. The standard InChI is InChI=1S/C28H38N6O2S/c1-4-6-11-26(35)34(17-16-29-28(36)25(19-37)20(3)5-2)18-21-12-14-22(15-13-21)23-9-7-8-10-24(23)27-30-32-33-31-27/h7-10,12-15,20,25,37H,4-6,11,16-19H2,1-3H3,(H,29,36)(H,30,31,32,33). The largest absolute Gasteiger partial charge is 0.354 e. The molecule has 0 spiro atoms. The molecule has 37 heavy (non-hydrogen) atoms. The van der Waals surface area contributed by atoms with Gasteiger partial charge in [0.1, 0.15) is 0 Å². The molecule has 2 atom stereocenters. The molecular formula is C28H38N6O2S. The minimum Gasteiger partial charge on any atom is -0.354 e. The van der Waals surface area contributed by atoms with Crippen LogP contribution in [0.1, 0.15) is 52.0 Å². The van der Waals surface area contributed by atoms with Crippen LogP contribution in [-0.4, -0.2) is 56.2 Å². The van der Waals surface area contributed by atoms with Crippen LogP contribution in [0.15, 0.2) is 48.5 Å². The Labute approximate surface area is 225 Å². The van der Waals surface area contributed by atoms with Gasteiger partial charge >= 0.3 is 0 Å². The van der Waals surface area contributed by atoms with Crippen LogP contribution in [0.3, 0.4) is 0 Å². The van der Waals surface area contributed by atoms with Crippen molar-refractivity contribution in [3.05, 3.63) is 54.1 Å². The van der Waals surface area contributed by atoms with E-state index in [0.29, 0.717) is 37.6 Å². The number of tetrazole rings is 1. The van der Waals surface area contributed by atoms with Crippen molar-refractivity contribution in [2.75, 3.05) is 18.8 Å². The Bertz CT molecular complexity index is 1120. The maximum atomic E-state index is 13.0. The van der Waals surface area contributed by atoms with Crippen LogP contribution in [0.25, 0.3) is 22.5 Å². The molecule has 3 rings (SSSR count). The highest BCUT2D eigenvalue weighted by Gasteiger charge is 2.23. The average Bonchev–Trinajstić information content (AvgIpc) is 3.47. The summed E-state index contributed by atoms with van der Waals surface area (Å²) in [5, 5.41) is 17.4. The molecule has 0 radical (unpaired) electrons. The van der Waals surface area contributed by atoms with Crippen molar-refractivity contribution < 1.29 is 9.59 Å². The van der Waals surface area contributed by atoms with Crippen LogP contribution in [-0.2, 0) is 16.1 Å². The van der Waals surface area contributed by atoms with Gasteiger partial charge in [0.15, 0.2) is 0 Å². The van der Waals surface area contributed by atoms with E-state index in [1.807, 2.05) is 53.4 Å². The van der Waals surface area contributed by atoms with Gasteiger partial charge in [-0.05, 0) is 34.2 Å². The van der Waals surface area contributed by atoms with Crippen molar-refractivity contribution in [1.82, 2.24) is 30.8 Å². The molecule has 0 bridgehead atoms. The molecule has 2 N–H and O–H groups in total. The van der Waals surface area contributed by atoms with E-state index in [-0.39, 0.29) is 23.7 Å². The summed E-state index contributed by atoms with van der Waals surface area (Å²) in [6.45, 7) is 7.62. The predicted molar refractivity (Wildman–Crippen MR) is 150 cm³/mol. The third-order valence-corrected chi connectivity index (χ3v) is 7.19. The number of carbonyl (C=O) groups is 2. The Hall–Kier alpha value is -3.20. The van der Waals surface area contributed by atoms with E-state index in [4.69, 9.17) is 0 Å². The minimum atomic E-state index is -0.125. The minimum absolute atomic E-state index is 0.00919. The topological polar surface area (TPSA) is 104 Å². The molecule has 1 aromatic heterocycles. The molecule has 3 aromatic rings. The number of nitrogens with zero attached hydrogens (tertiary/aromatic N) is 4. The maximum Gasteiger partial charge on any atom is 0.224 e. The lowest BCUT2D eigenvalue weighted by molar-refractivity contribution is -0.132. The van der Waals surface area contributed by atoms with Crippen LogP contribution in [0.4, 0.5) is 0 Å². The van der Waals surface area contributed by atoms with Crippen LogP contribution < -0.4 is 5.32 Å². The Balaban J connectivity index is 1.69. The number of hydrogen-bond donors (Lipinski definition) is 3. The lowest BCUT2D eigenvalue weighted by atomic mass is 9.92. The molecule has 2 amide bonds. The monoisotopic (exact) mass is 522 g/mol. The molecule has 0 aliphatic rings. The van der Waals surface area contributed by atoms with Gasteiger partial charge in [0.25, 0.3) is 0 Å². The highest BCUT2D eigenvalue weighted by atomic mass is 32.1. The maximum absolute atomic E-state index is 13.0. The molecule has 2 aromatic carbocycles. The van der Waals surface area contributed by atoms with Crippen molar-refractivity contribution in [2.45, 2.75) is 53.0 Å². The van der Waals surface area contributed by atoms with E-state index < -0.39 is 0 Å². The number of thiol groups is 1. The molecule has 1 heterocycles. The summed E-state index contributed by atoms with van der Waals surface area (Å²) in [4.78, 5) is 27.5. The Morgan fingerprint density at radius 3 is 2.43 bits per heavy atom. The zero-order valence-electron chi connectivity index (χ0n) is 22.0. The van der Waals surface area contributed by atoms with Gasteiger partial charge in [0.2, 0.25) is 17.6 Å². The number of unbranched alkanes of at least 4 members (excludes halogenated alkanes) is 1. The van der Waals surface area contributed by atoms with E-state index in [9.17, 15) is 9.59 Å². The molecule has 0 aliphatic heterocycles. The van der Waals surface area contributed by atoms with Gasteiger partial charge in [-0.3, -0.25) is 9.59 Å². The van der Waals surface area contributed by atoms with Crippen LogP contribution in [0, 0.1) is 11.8 Å². The first-order valence-corrected chi connectivity index (χ1v) is 13.7. The first-order valence-electron chi connectivity index (χ1n) is 13.1. The summed E-state index contributed by atoms with van der Waals surface area (Å²) in [7, 11) is 0. The molecule has 0 saturated carbocycles. The molecule has 0 aliphatic carbocycles. The highest BCUT2D eigenvalue weighted by molar-refractivity contribution is 7.80. The Morgan fingerprint density at radius 1 is 1.08 bits per heavy atom. The summed E-state index contributed by atoms with van der Waals surface area (Å²) in [5.74, 6) is 1.32. The van der Waals surface area contributed by atoms with E-state index >= 15 is 0 Å². The van der Waals surface area contributed by atoms with Crippen molar-refractivity contribution in [1.29, 1.82) is 0 Å². The second-order valence-corrected chi connectivity index (χ2v) is 9.73. The fourth-order valence-corrected chi connectivity index (χ4v) is 4.77. The Morgan fingerprint density at radius 2 is 1.81 bits per heavy atom. The highest BCUT2D eigenvalue weighted by Crippen LogP contribution is 2.30. The summed E-state index contributed by atoms with van der Waals surface area (Å²) in [5.41, 5.74) is 3.97. The summed E-state index contributed by atoms with van der Waals surface area (Å²) in [6, 6.07) is 16.1. The van der Waals surface area contributed by atoms with Gasteiger partial charge in [0, 0.05) is 43.3 Å². The first kappa shape index (κ1) is 28.4. The van der Waals surface area contributed by atoms with Gasteiger partial charge < -0.3 is 10.2 Å². The second-order valence-electron chi connectivity index (χ2n) is 9.36. The number of carbonyl (C=O) groups excluding carboxylic acids is 2. The van der Waals surface area contributed by atoms with Crippen LogP contribution in [0.5, 0.6) is 0 Å². The first-order chi connectivity index (χ1) is 18.0. The van der Waals surface area contributed by atoms with Gasteiger partial charge in [-0.25, -0.2) is 0 Å². The van der Waals surface area contributed by atoms with Crippen molar-refractivity contribution in [3.8, 4) is 22.5 Å². The number of aromatic amines is 1. The number of nitrogens with one attached hydrogen (secondary N) is 2. The number of H-pyrrole nitrogens is 1. The quantitative estimate of drug-likeness (QED) is 0.265. The third-order valence-electron chi connectivity index (χ3n) is 6.79. The lowest BCUT2D eigenvalue weighted by Gasteiger charge is -2.25. The molecule has 0 saturated heterocycles. The number of hydrogen-bond acceptors (Lipinski definition) is 6. The molecule has 8 nitrogen and oxygen atoms in total. The molecule has 198 valence electrons. The lowest BCUT2D eigenvalue weighted by Crippen LogP contribution is -2.41. The van der Waals surface area contributed by atoms with Crippen molar-refractivity contribution in [2.24, 2.45) is 11.8 Å². The van der Waals surface area contributed by atoms with Gasteiger partial charge in [0.05, 0.1) is 0 Å². The molecular weight excluding hydrogens is 484 g/mol. The van der Waals surface area contributed by atoms with Crippen LogP contribution in [0.2, 0.25) is 0 Å². The predicted octanol–water partition coefficient (Wildman–Crippen LogP) is 4.76. The average molecular weight is 523 g/mol. The van der Waals surface area contributed by atoms with E-state index in [2.05, 4.69) is 59.3 Å². The van der Waals surface area contributed by atoms with E-state index in [0.717, 1.165) is 41.5 Å². The van der Waals surface area contributed by atoms with Crippen molar-refractivity contribution in [3.63, 3.8) is 0 Å². The molecule has 9 heteroatoms. The van der Waals surface area contributed by atoms with Crippen LogP contribution >= 0.6 is 12.6 Å².